The maximum atomic E-state index is 14.4. The van der Waals surface area contributed by atoms with Gasteiger partial charge in [0.2, 0.25) is 0 Å². The van der Waals surface area contributed by atoms with E-state index in [1.807, 2.05) is 12.1 Å². The minimum absolute atomic E-state index is 0.274. The Hall–Kier alpha value is -2.31. The molecule has 1 spiro atoms. The number of anilines is 3. The van der Waals surface area contributed by atoms with E-state index >= 15 is 0 Å². The van der Waals surface area contributed by atoms with Crippen LogP contribution in [0.3, 0.4) is 0 Å². The molecule has 4 rings (SSSR count). The summed E-state index contributed by atoms with van der Waals surface area (Å²) in [5.41, 5.74) is 15.2. The van der Waals surface area contributed by atoms with Crippen molar-refractivity contribution in [2.24, 2.45) is 0 Å². The first-order valence-electron chi connectivity index (χ1n) is 8.55. The number of halogens is 1. The fraction of sp³-hybridized carbons (Fsp3) is 0.368. The molecule has 0 amide bonds. The van der Waals surface area contributed by atoms with Gasteiger partial charge in [-0.2, -0.15) is 0 Å². The second-order valence-corrected chi connectivity index (χ2v) is 6.57. The van der Waals surface area contributed by atoms with Crippen LogP contribution in [-0.2, 0) is 9.47 Å². The molecule has 0 unspecified atom stereocenters. The minimum atomic E-state index is -0.450. The molecule has 4 N–H and O–H groups in total. The van der Waals surface area contributed by atoms with Crippen LogP contribution in [0.1, 0.15) is 12.8 Å². The van der Waals surface area contributed by atoms with Crippen molar-refractivity contribution in [3.63, 3.8) is 0 Å². The van der Waals surface area contributed by atoms with Crippen LogP contribution in [0.2, 0.25) is 0 Å². The molecule has 0 saturated carbocycles. The number of nitrogens with two attached hydrogens (primary N) is 2. The van der Waals surface area contributed by atoms with E-state index in [-0.39, 0.29) is 5.82 Å². The summed E-state index contributed by atoms with van der Waals surface area (Å²) in [6.07, 6.45) is 1.54. The second-order valence-electron chi connectivity index (χ2n) is 6.57. The maximum Gasteiger partial charge on any atom is 0.171 e. The lowest BCUT2D eigenvalue weighted by molar-refractivity contribution is -0.169. The number of benzene rings is 2. The van der Waals surface area contributed by atoms with Crippen molar-refractivity contribution in [3.8, 4) is 11.1 Å². The predicted molar refractivity (Wildman–Crippen MR) is 96.7 cm³/mol. The molecule has 2 aromatic carbocycles. The largest absolute Gasteiger partial charge is 0.397 e. The lowest BCUT2D eigenvalue weighted by Crippen LogP contribution is -2.45. The number of piperidine rings is 1. The van der Waals surface area contributed by atoms with Crippen molar-refractivity contribution in [2.45, 2.75) is 18.6 Å². The third-order valence-corrected chi connectivity index (χ3v) is 5.04. The zero-order valence-corrected chi connectivity index (χ0v) is 14.0. The molecule has 25 heavy (non-hydrogen) atoms. The molecular formula is C19H22FN3O2. The Morgan fingerprint density at radius 1 is 0.920 bits per heavy atom. The van der Waals surface area contributed by atoms with Crippen molar-refractivity contribution < 1.29 is 13.9 Å². The number of nitrogens with zero attached hydrogens (tertiary/aromatic N) is 1. The Morgan fingerprint density at radius 2 is 1.56 bits per heavy atom. The summed E-state index contributed by atoms with van der Waals surface area (Å²) in [6.45, 7) is 2.81. The van der Waals surface area contributed by atoms with Gasteiger partial charge in [0.1, 0.15) is 5.82 Å². The van der Waals surface area contributed by atoms with Gasteiger partial charge < -0.3 is 25.8 Å². The van der Waals surface area contributed by atoms with Gasteiger partial charge in [-0.1, -0.05) is 18.2 Å². The van der Waals surface area contributed by atoms with Gasteiger partial charge >= 0.3 is 0 Å². The van der Waals surface area contributed by atoms with Gasteiger partial charge in [-0.15, -0.1) is 0 Å². The van der Waals surface area contributed by atoms with E-state index in [1.165, 1.54) is 6.07 Å². The van der Waals surface area contributed by atoms with Crippen molar-refractivity contribution in [2.75, 3.05) is 42.7 Å². The lowest BCUT2D eigenvalue weighted by atomic mass is 9.97. The van der Waals surface area contributed by atoms with Crippen LogP contribution in [0.15, 0.2) is 36.4 Å². The Balaban J connectivity index is 1.70. The van der Waals surface area contributed by atoms with Gasteiger partial charge in [0.05, 0.1) is 24.6 Å². The highest BCUT2D eigenvalue weighted by molar-refractivity contribution is 5.87. The van der Waals surface area contributed by atoms with E-state index in [9.17, 15) is 4.39 Å². The Labute approximate surface area is 146 Å². The number of ether oxygens (including phenoxy) is 2. The molecular weight excluding hydrogens is 321 g/mol. The molecule has 5 nitrogen and oxygen atoms in total. The number of hydrogen-bond donors (Lipinski definition) is 2. The van der Waals surface area contributed by atoms with Crippen LogP contribution < -0.4 is 16.4 Å². The second kappa shape index (κ2) is 6.20. The topological polar surface area (TPSA) is 73.7 Å². The van der Waals surface area contributed by atoms with Gasteiger partial charge in [-0.25, -0.2) is 4.39 Å². The summed E-state index contributed by atoms with van der Waals surface area (Å²) in [5.74, 6) is -0.725. The van der Waals surface area contributed by atoms with Gasteiger partial charge in [-0.05, 0) is 18.2 Å². The van der Waals surface area contributed by atoms with Crippen molar-refractivity contribution in [3.05, 3.63) is 42.2 Å². The summed E-state index contributed by atoms with van der Waals surface area (Å²) in [5, 5.41) is 0. The number of hydrogen-bond acceptors (Lipinski definition) is 5. The van der Waals surface area contributed by atoms with Crippen molar-refractivity contribution >= 4 is 17.1 Å². The van der Waals surface area contributed by atoms with Crippen LogP contribution in [0, 0.1) is 5.82 Å². The normalized spacial score (nSPS) is 19.5. The Morgan fingerprint density at radius 3 is 2.24 bits per heavy atom. The van der Waals surface area contributed by atoms with Crippen LogP contribution in [-0.4, -0.2) is 32.1 Å². The molecule has 0 radical (unpaired) electrons. The molecule has 0 bridgehead atoms. The minimum Gasteiger partial charge on any atom is -0.397 e. The summed E-state index contributed by atoms with van der Waals surface area (Å²) in [7, 11) is 0. The quantitative estimate of drug-likeness (QED) is 0.820. The van der Waals surface area contributed by atoms with Crippen LogP contribution in [0.25, 0.3) is 11.1 Å². The lowest BCUT2D eigenvalue weighted by Gasteiger charge is -2.39. The highest BCUT2D eigenvalue weighted by atomic mass is 19.1. The zero-order chi connectivity index (χ0) is 17.4. The first-order valence-corrected chi connectivity index (χ1v) is 8.55. The number of nitrogen functional groups attached to an aromatic ring is 2. The van der Waals surface area contributed by atoms with Gasteiger partial charge in [-0.3, -0.25) is 0 Å². The molecule has 2 aliphatic rings. The Kier molecular flexibility index (Phi) is 4.01. The fourth-order valence-electron chi connectivity index (χ4n) is 3.65. The van der Waals surface area contributed by atoms with Gasteiger partial charge in [0.25, 0.3) is 0 Å². The van der Waals surface area contributed by atoms with Gasteiger partial charge in [0, 0.05) is 42.7 Å². The molecule has 2 aliphatic heterocycles. The first-order chi connectivity index (χ1) is 12.1. The molecule has 2 aromatic rings. The molecule has 0 aliphatic carbocycles. The summed E-state index contributed by atoms with van der Waals surface area (Å²) < 4.78 is 25.9. The standard InChI is InChI=1S/C19H22FN3O2/c20-15-4-2-1-3-13(15)14-11-16(21)17(22)12-18(14)23-7-5-19(6-8-23)24-9-10-25-19/h1-4,11-12H,5-10,21-22H2. The maximum absolute atomic E-state index is 14.4. The number of rotatable bonds is 2. The molecule has 132 valence electrons. The third-order valence-electron chi connectivity index (χ3n) is 5.04. The van der Waals surface area contributed by atoms with Crippen molar-refractivity contribution in [1.82, 2.24) is 0 Å². The third kappa shape index (κ3) is 2.92. The van der Waals surface area contributed by atoms with Crippen LogP contribution >= 0.6 is 0 Å². The summed E-state index contributed by atoms with van der Waals surface area (Å²) in [6, 6.07) is 10.3. The van der Waals surface area contributed by atoms with E-state index in [0.29, 0.717) is 30.2 Å². The molecule has 6 heteroatoms. The van der Waals surface area contributed by atoms with E-state index < -0.39 is 5.79 Å². The first kappa shape index (κ1) is 16.2. The Bertz CT molecular complexity index is 780. The molecule has 2 saturated heterocycles. The zero-order valence-electron chi connectivity index (χ0n) is 14.0. The van der Waals surface area contributed by atoms with E-state index in [0.717, 1.165) is 37.2 Å². The highest BCUT2D eigenvalue weighted by Gasteiger charge is 2.40. The van der Waals surface area contributed by atoms with E-state index in [2.05, 4.69) is 4.90 Å². The molecule has 2 heterocycles. The van der Waals surface area contributed by atoms with Gasteiger partial charge in [0.15, 0.2) is 5.79 Å². The average Bonchev–Trinajstić information content (AvgIpc) is 3.06. The molecule has 2 fully saturated rings. The fourth-order valence-corrected chi connectivity index (χ4v) is 3.65. The van der Waals surface area contributed by atoms with Crippen LogP contribution in [0.4, 0.5) is 21.5 Å². The average molecular weight is 343 g/mol. The van der Waals surface area contributed by atoms with E-state index in [1.54, 1.807) is 18.2 Å². The summed E-state index contributed by atoms with van der Waals surface area (Å²) >= 11 is 0. The smallest absolute Gasteiger partial charge is 0.171 e. The SMILES string of the molecule is Nc1cc(-c2ccccc2F)c(N2CCC3(CC2)OCCO3)cc1N. The van der Waals surface area contributed by atoms with E-state index in [4.69, 9.17) is 20.9 Å². The predicted octanol–water partition coefficient (Wildman–Crippen LogP) is 3.00. The van der Waals surface area contributed by atoms with Crippen LogP contribution in [0.5, 0.6) is 0 Å². The molecule has 0 atom stereocenters. The molecule has 0 aromatic heterocycles. The highest BCUT2D eigenvalue weighted by Crippen LogP contribution is 2.40. The monoisotopic (exact) mass is 343 g/mol. The van der Waals surface area contributed by atoms with Crippen molar-refractivity contribution in [1.29, 1.82) is 0 Å². The summed E-state index contributed by atoms with van der Waals surface area (Å²) in [4.78, 5) is 2.20.